The number of hydrogen-bond acceptors (Lipinski definition) is 4. The Hall–Kier alpha value is -0.580. The molecule has 0 spiro atoms. The first-order chi connectivity index (χ1) is 5.79. The molecule has 0 aliphatic heterocycles. The Bertz CT molecular complexity index is 234. The first-order valence-electron chi connectivity index (χ1n) is 3.58. The first kappa shape index (κ1) is 9.51. The van der Waals surface area contributed by atoms with Gasteiger partial charge in [-0.2, -0.15) is 0 Å². The fraction of sp³-hybridized carbons (Fsp3) is 0.500. The molecule has 0 saturated heterocycles. The maximum absolute atomic E-state index is 9.53. The van der Waals surface area contributed by atoms with Gasteiger partial charge < -0.3 is 14.6 Å². The number of thiophene rings is 1. The Labute approximate surface area is 75.6 Å². The van der Waals surface area contributed by atoms with Gasteiger partial charge in [0.15, 0.2) is 0 Å². The van der Waals surface area contributed by atoms with Crippen LogP contribution < -0.4 is 4.74 Å². The van der Waals surface area contributed by atoms with Gasteiger partial charge in [-0.05, 0) is 11.4 Å². The van der Waals surface area contributed by atoms with Crippen LogP contribution in [0, 0.1) is 0 Å². The largest absolute Gasteiger partial charge is 0.495 e. The van der Waals surface area contributed by atoms with Crippen molar-refractivity contribution in [1.29, 1.82) is 0 Å². The highest BCUT2D eigenvalue weighted by Gasteiger charge is 2.13. The summed E-state index contributed by atoms with van der Waals surface area (Å²) in [5, 5.41) is 11.4. The van der Waals surface area contributed by atoms with E-state index in [0.29, 0.717) is 6.61 Å². The predicted molar refractivity (Wildman–Crippen MR) is 47.7 cm³/mol. The summed E-state index contributed by atoms with van der Waals surface area (Å²) in [6.45, 7) is 0.302. The Morgan fingerprint density at radius 3 is 2.92 bits per heavy atom. The zero-order valence-corrected chi connectivity index (χ0v) is 7.93. The summed E-state index contributed by atoms with van der Waals surface area (Å²) in [6.07, 6.45) is -0.579. The van der Waals surface area contributed by atoms with E-state index in [4.69, 9.17) is 9.47 Å². The minimum atomic E-state index is -0.579. The highest BCUT2D eigenvalue weighted by atomic mass is 32.1. The Kier molecular flexibility index (Phi) is 3.52. The molecule has 3 nitrogen and oxygen atoms in total. The van der Waals surface area contributed by atoms with E-state index in [1.165, 1.54) is 11.3 Å². The summed E-state index contributed by atoms with van der Waals surface area (Å²) in [5.41, 5.74) is 0. The van der Waals surface area contributed by atoms with Gasteiger partial charge in [0, 0.05) is 7.11 Å². The molecule has 1 atom stereocenters. The van der Waals surface area contributed by atoms with Crippen LogP contribution in [0.2, 0.25) is 0 Å². The molecule has 4 heteroatoms. The maximum Gasteiger partial charge on any atom is 0.135 e. The van der Waals surface area contributed by atoms with Crippen molar-refractivity contribution in [2.45, 2.75) is 6.10 Å². The van der Waals surface area contributed by atoms with Crippen LogP contribution in [0.25, 0.3) is 0 Å². The summed E-state index contributed by atoms with van der Waals surface area (Å²) >= 11 is 1.47. The van der Waals surface area contributed by atoms with Crippen molar-refractivity contribution in [3.63, 3.8) is 0 Å². The van der Waals surface area contributed by atoms with Crippen LogP contribution in [0.15, 0.2) is 11.4 Å². The summed E-state index contributed by atoms with van der Waals surface area (Å²) in [5.74, 6) is 0.726. The van der Waals surface area contributed by atoms with E-state index >= 15 is 0 Å². The van der Waals surface area contributed by atoms with Gasteiger partial charge in [0.1, 0.15) is 11.9 Å². The summed E-state index contributed by atoms with van der Waals surface area (Å²) in [4.78, 5) is 0.819. The highest BCUT2D eigenvalue weighted by molar-refractivity contribution is 7.10. The van der Waals surface area contributed by atoms with Crippen LogP contribution in [0.1, 0.15) is 11.0 Å². The molecule has 0 radical (unpaired) electrons. The fourth-order valence-corrected chi connectivity index (χ4v) is 1.79. The van der Waals surface area contributed by atoms with Gasteiger partial charge in [0.05, 0.1) is 18.6 Å². The lowest BCUT2D eigenvalue weighted by atomic mass is 10.3. The molecule has 68 valence electrons. The molecule has 0 aliphatic carbocycles. The van der Waals surface area contributed by atoms with Gasteiger partial charge in [-0.3, -0.25) is 0 Å². The standard InChI is InChI=1S/C8H12O3S/c1-10-5-6(9)8-7(11-2)3-4-12-8/h3-4,6,9H,5H2,1-2H3. The van der Waals surface area contributed by atoms with Gasteiger partial charge in [-0.25, -0.2) is 0 Å². The van der Waals surface area contributed by atoms with E-state index in [1.807, 2.05) is 11.4 Å². The second-order valence-electron chi connectivity index (χ2n) is 2.32. The molecular weight excluding hydrogens is 176 g/mol. The molecule has 0 aromatic carbocycles. The van der Waals surface area contributed by atoms with E-state index in [0.717, 1.165) is 10.6 Å². The monoisotopic (exact) mass is 188 g/mol. The third-order valence-electron chi connectivity index (χ3n) is 1.50. The highest BCUT2D eigenvalue weighted by Crippen LogP contribution is 2.30. The number of hydrogen-bond donors (Lipinski definition) is 1. The molecule has 1 unspecified atom stereocenters. The van der Waals surface area contributed by atoms with Crippen molar-refractivity contribution in [2.24, 2.45) is 0 Å². The van der Waals surface area contributed by atoms with E-state index in [-0.39, 0.29) is 0 Å². The molecule has 0 amide bonds. The average Bonchev–Trinajstić information content (AvgIpc) is 2.51. The minimum Gasteiger partial charge on any atom is -0.495 e. The zero-order chi connectivity index (χ0) is 8.97. The van der Waals surface area contributed by atoms with Gasteiger partial charge in [-0.1, -0.05) is 0 Å². The number of aliphatic hydroxyl groups excluding tert-OH is 1. The second kappa shape index (κ2) is 4.45. The van der Waals surface area contributed by atoms with Crippen molar-refractivity contribution >= 4 is 11.3 Å². The molecule has 0 aliphatic rings. The molecule has 1 aromatic rings. The summed E-state index contributed by atoms with van der Waals surface area (Å²) in [6, 6.07) is 1.83. The molecule has 0 fully saturated rings. The van der Waals surface area contributed by atoms with Crippen molar-refractivity contribution in [3.05, 3.63) is 16.3 Å². The van der Waals surface area contributed by atoms with Crippen molar-refractivity contribution in [2.75, 3.05) is 20.8 Å². The van der Waals surface area contributed by atoms with Crippen LogP contribution in [-0.2, 0) is 4.74 Å². The number of rotatable bonds is 4. The third kappa shape index (κ3) is 1.97. The van der Waals surface area contributed by atoms with Crippen LogP contribution in [-0.4, -0.2) is 25.9 Å². The molecule has 0 bridgehead atoms. The lowest BCUT2D eigenvalue weighted by Crippen LogP contribution is -2.04. The van der Waals surface area contributed by atoms with Crippen LogP contribution in [0.3, 0.4) is 0 Å². The summed E-state index contributed by atoms with van der Waals surface area (Å²) < 4.78 is 9.88. The Balaban J connectivity index is 2.71. The lowest BCUT2D eigenvalue weighted by molar-refractivity contribution is 0.0652. The Morgan fingerprint density at radius 1 is 1.58 bits per heavy atom. The van der Waals surface area contributed by atoms with Gasteiger partial charge in [0.2, 0.25) is 0 Å². The van der Waals surface area contributed by atoms with Crippen LogP contribution >= 0.6 is 11.3 Å². The van der Waals surface area contributed by atoms with Gasteiger partial charge in [0.25, 0.3) is 0 Å². The predicted octanol–water partition coefficient (Wildman–Crippen LogP) is 1.44. The molecule has 1 N–H and O–H groups in total. The Morgan fingerprint density at radius 2 is 2.33 bits per heavy atom. The topological polar surface area (TPSA) is 38.7 Å². The minimum absolute atomic E-state index is 0.302. The first-order valence-corrected chi connectivity index (χ1v) is 4.46. The summed E-state index contributed by atoms with van der Waals surface area (Å²) in [7, 11) is 3.15. The molecule has 12 heavy (non-hydrogen) atoms. The van der Waals surface area contributed by atoms with Crippen molar-refractivity contribution < 1.29 is 14.6 Å². The van der Waals surface area contributed by atoms with Crippen LogP contribution in [0.5, 0.6) is 5.75 Å². The zero-order valence-electron chi connectivity index (χ0n) is 7.11. The van der Waals surface area contributed by atoms with Gasteiger partial charge >= 0.3 is 0 Å². The van der Waals surface area contributed by atoms with E-state index < -0.39 is 6.10 Å². The molecule has 1 aromatic heterocycles. The van der Waals surface area contributed by atoms with Crippen molar-refractivity contribution in [1.82, 2.24) is 0 Å². The average molecular weight is 188 g/mol. The second-order valence-corrected chi connectivity index (χ2v) is 3.27. The smallest absolute Gasteiger partial charge is 0.135 e. The van der Waals surface area contributed by atoms with Crippen molar-refractivity contribution in [3.8, 4) is 5.75 Å². The quantitative estimate of drug-likeness (QED) is 0.777. The van der Waals surface area contributed by atoms with E-state index in [1.54, 1.807) is 14.2 Å². The molecule has 1 rings (SSSR count). The molecular formula is C8H12O3S. The maximum atomic E-state index is 9.53. The van der Waals surface area contributed by atoms with E-state index in [9.17, 15) is 5.11 Å². The number of methoxy groups -OCH3 is 2. The fourth-order valence-electron chi connectivity index (χ4n) is 0.954. The van der Waals surface area contributed by atoms with Gasteiger partial charge in [-0.15, -0.1) is 11.3 Å². The number of aliphatic hydroxyl groups is 1. The van der Waals surface area contributed by atoms with E-state index in [2.05, 4.69) is 0 Å². The lowest BCUT2D eigenvalue weighted by Gasteiger charge is -2.08. The molecule has 1 heterocycles. The van der Waals surface area contributed by atoms with Crippen LogP contribution in [0.4, 0.5) is 0 Å². The molecule has 0 saturated carbocycles. The SMILES string of the molecule is COCC(O)c1sccc1OC. The number of ether oxygens (including phenoxy) is 2. The third-order valence-corrected chi connectivity index (χ3v) is 2.50. The normalized spacial score (nSPS) is 12.9.